The Balaban J connectivity index is 1.79. The zero-order valence-electron chi connectivity index (χ0n) is 17.9. The number of rotatable bonds is 5. The van der Waals surface area contributed by atoms with Crippen molar-refractivity contribution in [2.24, 2.45) is 0 Å². The first-order valence-corrected chi connectivity index (χ1v) is 11.0. The Morgan fingerprint density at radius 2 is 1.34 bits per heavy atom. The van der Waals surface area contributed by atoms with E-state index in [-0.39, 0.29) is 0 Å². The van der Waals surface area contributed by atoms with Crippen LogP contribution in [0.2, 0.25) is 0 Å². The molecule has 0 amide bonds. The van der Waals surface area contributed by atoms with E-state index >= 15 is 0 Å². The molecule has 0 aliphatic carbocycles. The number of hydrogen-bond donors (Lipinski definition) is 1. The highest BCUT2D eigenvalue weighted by molar-refractivity contribution is 5.86. The first-order chi connectivity index (χ1) is 14.0. The maximum atomic E-state index is 12.6. The van der Waals surface area contributed by atoms with Crippen LogP contribution in [0, 0.1) is 0 Å². The summed E-state index contributed by atoms with van der Waals surface area (Å²) >= 11 is 0. The third-order valence-corrected chi connectivity index (χ3v) is 6.93. The summed E-state index contributed by atoms with van der Waals surface area (Å²) in [5.74, 6) is -0.788. The molecule has 154 valence electrons. The van der Waals surface area contributed by atoms with Crippen LogP contribution in [0.15, 0.2) is 36.4 Å². The highest BCUT2D eigenvalue weighted by Gasteiger charge is 2.38. The summed E-state index contributed by atoms with van der Waals surface area (Å²) < 4.78 is 0. The third kappa shape index (κ3) is 3.29. The van der Waals surface area contributed by atoms with Gasteiger partial charge in [0, 0.05) is 37.6 Å². The molecule has 29 heavy (non-hydrogen) atoms. The van der Waals surface area contributed by atoms with Gasteiger partial charge in [-0.15, -0.1) is 0 Å². The fourth-order valence-electron chi connectivity index (χ4n) is 5.04. The van der Waals surface area contributed by atoms with E-state index in [9.17, 15) is 9.90 Å². The van der Waals surface area contributed by atoms with E-state index in [1.807, 2.05) is 19.1 Å². The molecule has 4 heteroatoms. The predicted molar refractivity (Wildman–Crippen MR) is 119 cm³/mol. The molecule has 4 nitrogen and oxygen atoms in total. The number of carboxylic acids is 1. The van der Waals surface area contributed by atoms with E-state index in [0.717, 1.165) is 63.0 Å². The van der Waals surface area contributed by atoms with Gasteiger partial charge in [0.25, 0.3) is 0 Å². The van der Waals surface area contributed by atoms with Crippen LogP contribution in [0.3, 0.4) is 0 Å². The number of carboxylic acid groups (broad SMARTS) is 1. The molecule has 2 aromatic carbocycles. The van der Waals surface area contributed by atoms with Gasteiger partial charge in [-0.25, -0.2) is 0 Å². The Kier molecular flexibility index (Phi) is 5.28. The molecule has 2 heterocycles. The Bertz CT molecular complexity index is 856. The molecule has 0 aromatic heterocycles. The van der Waals surface area contributed by atoms with Gasteiger partial charge in [-0.05, 0) is 80.8 Å². The standard InChI is InChI=1S/C25H32N2O2/c1-4-26-14-6-8-18-16-20(10-12-22(18)26)25(3,24(28)29)21-11-13-23-19(17-21)9-7-15-27(23)5-2/h10-13,16-17H,4-9,14-15H2,1-3H3,(H,28,29). The number of aryl methyl sites for hydroxylation is 2. The summed E-state index contributed by atoms with van der Waals surface area (Å²) in [6, 6.07) is 12.6. The van der Waals surface area contributed by atoms with Gasteiger partial charge in [0.15, 0.2) is 0 Å². The summed E-state index contributed by atoms with van der Waals surface area (Å²) in [6.07, 6.45) is 4.29. The molecule has 0 atom stereocenters. The average molecular weight is 393 g/mol. The zero-order valence-corrected chi connectivity index (χ0v) is 17.9. The van der Waals surface area contributed by atoms with Crippen LogP contribution in [-0.2, 0) is 23.1 Å². The molecular weight excluding hydrogens is 360 g/mol. The van der Waals surface area contributed by atoms with Gasteiger partial charge in [-0.3, -0.25) is 4.79 Å². The lowest BCUT2D eigenvalue weighted by molar-refractivity contribution is -0.141. The van der Waals surface area contributed by atoms with Crippen molar-refractivity contribution < 1.29 is 9.90 Å². The molecule has 0 spiro atoms. The lowest BCUT2D eigenvalue weighted by atomic mass is 9.74. The summed E-state index contributed by atoms with van der Waals surface area (Å²) in [7, 11) is 0. The van der Waals surface area contributed by atoms with Crippen LogP contribution < -0.4 is 9.80 Å². The van der Waals surface area contributed by atoms with Crippen molar-refractivity contribution in [3.8, 4) is 0 Å². The SMILES string of the molecule is CCN1CCCc2cc(C(C)(C(=O)O)c3ccc4c(c3)CCCN4CC)ccc21. The van der Waals surface area contributed by atoms with Gasteiger partial charge < -0.3 is 14.9 Å². The number of nitrogens with zero attached hydrogens (tertiary/aromatic N) is 2. The van der Waals surface area contributed by atoms with Crippen molar-refractivity contribution in [3.63, 3.8) is 0 Å². The van der Waals surface area contributed by atoms with Gasteiger partial charge in [0.2, 0.25) is 0 Å². The largest absolute Gasteiger partial charge is 0.480 e. The summed E-state index contributed by atoms with van der Waals surface area (Å²) in [6.45, 7) is 10.4. The average Bonchev–Trinajstić information content (AvgIpc) is 2.76. The number of benzene rings is 2. The van der Waals surface area contributed by atoms with Crippen molar-refractivity contribution in [1.29, 1.82) is 0 Å². The Morgan fingerprint density at radius 3 is 1.72 bits per heavy atom. The number of fused-ring (bicyclic) bond motifs is 2. The molecule has 0 unspecified atom stereocenters. The van der Waals surface area contributed by atoms with Crippen LogP contribution in [-0.4, -0.2) is 37.3 Å². The monoisotopic (exact) mass is 392 g/mol. The summed E-state index contributed by atoms with van der Waals surface area (Å²) in [5, 5.41) is 10.3. The van der Waals surface area contributed by atoms with Gasteiger partial charge >= 0.3 is 5.97 Å². The lowest BCUT2D eigenvalue weighted by Gasteiger charge is -2.34. The molecule has 2 aliphatic rings. The van der Waals surface area contributed by atoms with Gasteiger partial charge in [0.05, 0.1) is 0 Å². The summed E-state index contributed by atoms with van der Waals surface area (Å²) in [4.78, 5) is 17.4. The summed E-state index contributed by atoms with van der Waals surface area (Å²) in [5.41, 5.74) is 5.79. The maximum absolute atomic E-state index is 12.6. The molecule has 2 aromatic rings. The second-order valence-corrected chi connectivity index (χ2v) is 8.48. The van der Waals surface area contributed by atoms with E-state index in [4.69, 9.17) is 0 Å². The van der Waals surface area contributed by atoms with Crippen molar-refractivity contribution >= 4 is 17.3 Å². The van der Waals surface area contributed by atoms with Crippen molar-refractivity contribution in [2.45, 2.75) is 51.9 Å². The Morgan fingerprint density at radius 1 is 0.897 bits per heavy atom. The van der Waals surface area contributed by atoms with E-state index in [1.54, 1.807) is 0 Å². The van der Waals surface area contributed by atoms with Gasteiger partial charge in [0.1, 0.15) is 5.41 Å². The minimum atomic E-state index is -1.05. The van der Waals surface area contributed by atoms with E-state index < -0.39 is 11.4 Å². The van der Waals surface area contributed by atoms with E-state index in [1.165, 1.54) is 22.5 Å². The highest BCUT2D eigenvalue weighted by Crippen LogP contribution is 2.39. The van der Waals surface area contributed by atoms with Crippen LogP contribution in [0.4, 0.5) is 11.4 Å². The van der Waals surface area contributed by atoms with Crippen molar-refractivity contribution in [3.05, 3.63) is 58.7 Å². The van der Waals surface area contributed by atoms with Crippen LogP contribution >= 0.6 is 0 Å². The van der Waals surface area contributed by atoms with Gasteiger partial charge in [-0.1, -0.05) is 24.3 Å². The number of anilines is 2. The smallest absolute Gasteiger partial charge is 0.318 e. The molecule has 0 radical (unpaired) electrons. The molecule has 0 saturated heterocycles. The Labute approximate surface area is 174 Å². The fourth-order valence-corrected chi connectivity index (χ4v) is 5.04. The fraction of sp³-hybridized carbons (Fsp3) is 0.480. The predicted octanol–water partition coefficient (Wildman–Crippen LogP) is 4.62. The Hall–Kier alpha value is -2.49. The number of carbonyl (C=O) groups is 1. The molecule has 1 N–H and O–H groups in total. The third-order valence-electron chi connectivity index (χ3n) is 6.93. The molecule has 2 aliphatic heterocycles. The highest BCUT2D eigenvalue weighted by atomic mass is 16.4. The van der Waals surface area contributed by atoms with E-state index in [0.29, 0.717) is 0 Å². The molecule has 0 bridgehead atoms. The quantitative estimate of drug-likeness (QED) is 0.806. The second kappa shape index (κ2) is 7.74. The molecule has 4 rings (SSSR count). The molecule has 0 fully saturated rings. The minimum Gasteiger partial charge on any atom is -0.480 e. The van der Waals surface area contributed by atoms with Crippen LogP contribution in [0.5, 0.6) is 0 Å². The normalized spacial score (nSPS) is 16.4. The first kappa shape index (κ1) is 19.8. The topological polar surface area (TPSA) is 43.8 Å². The second-order valence-electron chi connectivity index (χ2n) is 8.48. The van der Waals surface area contributed by atoms with Crippen molar-refractivity contribution in [2.75, 3.05) is 36.0 Å². The lowest BCUT2D eigenvalue weighted by Crippen LogP contribution is -2.35. The van der Waals surface area contributed by atoms with Crippen molar-refractivity contribution in [1.82, 2.24) is 0 Å². The molecule has 0 saturated carbocycles. The maximum Gasteiger partial charge on any atom is 0.318 e. The number of hydrogen-bond acceptors (Lipinski definition) is 3. The van der Waals surface area contributed by atoms with Gasteiger partial charge in [-0.2, -0.15) is 0 Å². The van der Waals surface area contributed by atoms with Crippen LogP contribution in [0.1, 0.15) is 55.9 Å². The number of aliphatic carboxylic acids is 1. The molecular formula is C25H32N2O2. The minimum absolute atomic E-state index is 0.788. The van der Waals surface area contributed by atoms with E-state index in [2.05, 4.69) is 47.9 Å². The zero-order chi connectivity index (χ0) is 20.6. The van der Waals surface area contributed by atoms with Crippen LogP contribution in [0.25, 0.3) is 0 Å². The first-order valence-electron chi connectivity index (χ1n) is 11.0.